The molecular formula is C34H25N3O2. The average molecular weight is 508 g/mol. The lowest BCUT2D eigenvalue weighted by molar-refractivity contribution is 0.476. The topological polar surface area (TPSA) is 58.5 Å². The third-order valence-corrected chi connectivity index (χ3v) is 6.25. The molecule has 4 aromatic carbocycles. The van der Waals surface area contributed by atoms with Gasteiger partial charge in [-0.05, 0) is 60.7 Å². The largest absolute Gasteiger partial charge is 0.507 e. The molecule has 6 aromatic rings. The first-order valence-electron chi connectivity index (χ1n) is 12.6. The smallest absolute Gasteiger partial charge is 0.137 e. The summed E-state index contributed by atoms with van der Waals surface area (Å²) in [7, 11) is 0. The maximum absolute atomic E-state index is 10.6. The first kappa shape index (κ1) is 23.9. The molecule has 5 heteroatoms. The molecule has 0 saturated heterocycles. The number of anilines is 3. The van der Waals surface area contributed by atoms with E-state index in [9.17, 15) is 5.11 Å². The number of phenolic OH excluding ortho intramolecular Hbond substituents is 1. The van der Waals surface area contributed by atoms with Crippen LogP contribution in [0.15, 0.2) is 146 Å². The molecule has 0 amide bonds. The monoisotopic (exact) mass is 507 g/mol. The fraction of sp³-hybridized carbons (Fsp3) is 0. The Morgan fingerprint density at radius 2 is 1.26 bits per heavy atom. The lowest BCUT2D eigenvalue weighted by atomic mass is 10.1. The van der Waals surface area contributed by atoms with Crippen LogP contribution in [-0.4, -0.2) is 15.1 Å². The van der Waals surface area contributed by atoms with Gasteiger partial charge in [0.1, 0.15) is 23.1 Å². The Bertz CT molecular complexity index is 1650. The molecule has 2 heterocycles. The Morgan fingerprint density at radius 3 is 2.03 bits per heavy atom. The number of nitrogens with zero attached hydrogens (tertiary/aromatic N) is 3. The number of rotatable bonds is 7. The van der Waals surface area contributed by atoms with E-state index in [1.807, 2.05) is 103 Å². The van der Waals surface area contributed by atoms with Crippen LogP contribution in [0.25, 0.3) is 22.5 Å². The fourth-order valence-corrected chi connectivity index (χ4v) is 4.45. The SMILES string of the molecule is Oc1ccccc1-c1cc(Oc2ccccc2)cc(-c2cccc(N(c3ccccc3)c3ccccn3)c2)n1. The minimum atomic E-state index is 0.159. The molecule has 0 unspecified atom stereocenters. The Kier molecular flexibility index (Phi) is 6.70. The first-order chi connectivity index (χ1) is 19.2. The number of aromatic hydroxyl groups is 1. The standard InChI is InChI=1S/C34H25N3O2/c38-33-19-8-7-18-30(33)32-24-29(39-28-16-5-2-6-17-28)23-31(36-32)25-12-11-15-27(22-25)37(26-13-3-1-4-14-26)34-20-9-10-21-35-34/h1-24,38H. The quantitative estimate of drug-likeness (QED) is 0.234. The summed E-state index contributed by atoms with van der Waals surface area (Å²) in [5, 5.41) is 10.6. The van der Waals surface area contributed by atoms with Crippen molar-refractivity contribution in [2.45, 2.75) is 0 Å². The van der Waals surface area contributed by atoms with Gasteiger partial charge in [-0.1, -0.05) is 66.7 Å². The summed E-state index contributed by atoms with van der Waals surface area (Å²) >= 11 is 0. The molecule has 39 heavy (non-hydrogen) atoms. The fourth-order valence-electron chi connectivity index (χ4n) is 4.45. The highest BCUT2D eigenvalue weighted by Gasteiger charge is 2.16. The van der Waals surface area contributed by atoms with Crippen LogP contribution in [0, 0.1) is 0 Å². The van der Waals surface area contributed by atoms with E-state index in [1.54, 1.807) is 18.3 Å². The summed E-state index contributed by atoms with van der Waals surface area (Å²) in [6.45, 7) is 0. The first-order valence-corrected chi connectivity index (χ1v) is 12.6. The lowest BCUT2D eigenvalue weighted by Gasteiger charge is -2.24. The molecule has 0 atom stereocenters. The molecule has 188 valence electrons. The van der Waals surface area contributed by atoms with Crippen molar-refractivity contribution >= 4 is 17.2 Å². The maximum Gasteiger partial charge on any atom is 0.137 e. The summed E-state index contributed by atoms with van der Waals surface area (Å²) in [6.07, 6.45) is 1.79. The Hall–Kier alpha value is -5.42. The second-order valence-corrected chi connectivity index (χ2v) is 8.91. The van der Waals surface area contributed by atoms with Crippen LogP contribution < -0.4 is 9.64 Å². The molecule has 0 aliphatic carbocycles. The van der Waals surface area contributed by atoms with Crippen LogP contribution in [0.5, 0.6) is 17.2 Å². The van der Waals surface area contributed by atoms with Crippen molar-refractivity contribution in [3.63, 3.8) is 0 Å². The van der Waals surface area contributed by atoms with Crippen LogP contribution in [0.2, 0.25) is 0 Å². The van der Waals surface area contributed by atoms with Crippen molar-refractivity contribution in [1.82, 2.24) is 9.97 Å². The van der Waals surface area contributed by atoms with E-state index in [2.05, 4.69) is 34.1 Å². The van der Waals surface area contributed by atoms with Crippen LogP contribution in [0.1, 0.15) is 0 Å². The van der Waals surface area contributed by atoms with Crippen molar-refractivity contribution < 1.29 is 9.84 Å². The van der Waals surface area contributed by atoms with Gasteiger partial charge < -0.3 is 9.84 Å². The molecule has 0 aliphatic heterocycles. The number of hydrogen-bond acceptors (Lipinski definition) is 5. The number of phenols is 1. The predicted octanol–water partition coefficient (Wildman–Crippen LogP) is 8.78. The van der Waals surface area contributed by atoms with Crippen LogP contribution in [0.4, 0.5) is 17.2 Å². The van der Waals surface area contributed by atoms with Gasteiger partial charge in [0.2, 0.25) is 0 Å². The summed E-state index contributed by atoms with van der Waals surface area (Å²) in [4.78, 5) is 11.7. The van der Waals surface area contributed by atoms with Gasteiger partial charge in [-0.25, -0.2) is 9.97 Å². The third kappa shape index (κ3) is 5.33. The van der Waals surface area contributed by atoms with Crippen LogP contribution in [0.3, 0.4) is 0 Å². The van der Waals surface area contributed by atoms with E-state index >= 15 is 0 Å². The maximum atomic E-state index is 10.6. The van der Waals surface area contributed by atoms with Crippen molar-refractivity contribution in [2.75, 3.05) is 4.90 Å². The van der Waals surface area contributed by atoms with E-state index in [-0.39, 0.29) is 5.75 Å². The molecule has 0 spiro atoms. The molecule has 1 N–H and O–H groups in total. The number of pyridine rings is 2. The zero-order chi connectivity index (χ0) is 26.4. The van der Waals surface area contributed by atoms with Crippen molar-refractivity contribution in [2.24, 2.45) is 0 Å². The molecule has 0 radical (unpaired) electrons. The molecule has 0 saturated carbocycles. The van der Waals surface area contributed by atoms with Gasteiger partial charge in [-0.3, -0.25) is 4.90 Å². The second kappa shape index (κ2) is 10.9. The highest BCUT2D eigenvalue weighted by molar-refractivity contribution is 5.79. The van der Waals surface area contributed by atoms with Gasteiger partial charge in [0.05, 0.1) is 11.4 Å². The number of benzene rings is 4. The van der Waals surface area contributed by atoms with Gasteiger partial charge in [0, 0.05) is 40.8 Å². The summed E-state index contributed by atoms with van der Waals surface area (Å²) in [5.41, 5.74) is 4.81. The van der Waals surface area contributed by atoms with E-state index < -0.39 is 0 Å². The third-order valence-electron chi connectivity index (χ3n) is 6.25. The van der Waals surface area contributed by atoms with Gasteiger partial charge in [0.25, 0.3) is 0 Å². The van der Waals surface area contributed by atoms with Crippen LogP contribution in [-0.2, 0) is 0 Å². The van der Waals surface area contributed by atoms with Gasteiger partial charge >= 0.3 is 0 Å². The molecule has 6 rings (SSSR count). The van der Waals surface area contributed by atoms with Crippen molar-refractivity contribution in [3.8, 4) is 39.8 Å². The number of ether oxygens (including phenoxy) is 1. The number of para-hydroxylation sites is 3. The van der Waals surface area contributed by atoms with E-state index in [0.29, 0.717) is 17.0 Å². The van der Waals surface area contributed by atoms with Gasteiger partial charge in [-0.2, -0.15) is 0 Å². The average Bonchev–Trinajstić information content (AvgIpc) is 2.99. The molecule has 5 nitrogen and oxygen atoms in total. The molecular weight excluding hydrogens is 482 g/mol. The van der Waals surface area contributed by atoms with Gasteiger partial charge in [0.15, 0.2) is 0 Å². The number of hydrogen-bond donors (Lipinski definition) is 1. The molecule has 2 aromatic heterocycles. The second-order valence-electron chi connectivity index (χ2n) is 8.91. The predicted molar refractivity (Wildman–Crippen MR) is 156 cm³/mol. The zero-order valence-electron chi connectivity index (χ0n) is 21.1. The molecule has 0 bridgehead atoms. The lowest BCUT2D eigenvalue weighted by Crippen LogP contribution is -2.11. The van der Waals surface area contributed by atoms with E-state index in [1.165, 1.54) is 0 Å². The van der Waals surface area contributed by atoms with Crippen molar-refractivity contribution in [1.29, 1.82) is 0 Å². The van der Waals surface area contributed by atoms with Crippen LogP contribution >= 0.6 is 0 Å². The summed E-state index contributed by atoms with van der Waals surface area (Å²) < 4.78 is 6.22. The van der Waals surface area contributed by atoms with E-state index in [0.717, 1.165) is 34.2 Å². The number of aromatic nitrogens is 2. The Labute approximate surface area is 227 Å². The van der Waals surface area contributed by atoms with Crippen molar-refractivity contribution in [3.05, 3.63) is 146 Å². The summed E-state index contributed by atoms with van der Waals surface area (Å²) in [6, 6.07) is 44.8. The minimum absolute atomic E-state index is 0.159. The Morgan fingerprint density at radius 1 is 0.564 bits per heavy atom. The normalized spacial score (nSPS) is 10.7. The molecule has 0 aliphatic rings. The Balaban J connectivity index is 1.47. The van der Waals surface area contributed by atoms with Gasteiger partial charge in [-0.15, -0.1) is 0 Å². The highest BCUT2D eigenvalue weighted by Crippen LogP contribution is 2.37. The zero-order valence-corrected chi connectivity index (χ0v) is 21.1. The summed E-state index contributed by atoms with van der Waals surface area (Å²) in [5.74, 6) is 2.31. The van der Waals surface area contributed by atoms with E-state index in [4.69, 9.17) is 9.72 Å². The highest BCUT2D eigenvalue weighted by atomic mass is 16.5. The minimum Gasteiger partial charge on any atom is -0.507 e. The molecule has 0 fully saturated rings.